The molecule has 0 saturated carbocycles. The summed E-state index contributed by atoms with van der Waals surface area (Å²) in [7, 11) is 0. The van der Waals surface area contributed by atoms with Crippen LogP contribution < -0.4 is 11.1 Å². The molecule has 1 aliphatic heterocycles. The summed E-state index contributed by atoms with van der Waals surface area (Å²) in [4.78, 5) is 4.43. The van der Waals surface area contributed by atoms with Crippen molar-refractivity contribution in [3.05, 3.63) is 41.5 Å². The summed E-state index contributed by atoms with van der Waals surface area (Å²) < 4.78 is 2.30. The Morgan fingerprint density at radius 1 is 1.27 bits per heavy atom. The van der Waals surface area contributed by atoms with Crippen molar-refractivity contribution in [2.75, 3.05) is 11.9 Å². The molecule has 2 heterocycles. The lowest BCUT2D eigenvalue weighted by Gasteiger charge is -2.08. The van der Waals surface area contributed by atoms with Crippen LogP contribution in [0.15, 0.2) is 29.3 Å². The minimum atomic E-state index is 0. The Morgan fingerprint density at radius 2 is 2.15 bits per heavy atom. The summed E-state index contributed by atoms with van der Waals surface area (Å²) >= 11 is 0. The first-order valence-electron chi connectivity index (χ1n) is 9.33. The van der Waals surface area contributed by atoms with Gasteiger partial charge < -0.3 is 15.6 Å². The number of nitrogens with one attached hydrogen (secondary N) is 1. The molecule has 0 fully saturated rings. The van der Waals surface area contributed by atoms with Gasteiger partial charge in [-0.3, -0.25) is 4.99 Å². The van der Waals surface area contributed by atoms with Crippen molar-refractivity contribution in [2.45, 2.75) is 58.4 Å². The zero-order valence-electron chi connectivity index (χ0n) is 15.4. The van der Waals surface area contributed by atoms with Gasteiger partial charge in [-0.05, 0) is 43.4 Å². The molecule has 0 aliphatic carbocycles. The van der Waals surface area contributed by atoms with Crippen LogP contribution in [-0.4, -0.2) is 27.3 Å². The highest BCUT2D eigenvalue weighted by Crippen LogP contribution is 2.15. The highest BCUT2D eigenvalue weighted by molar-refractivity contribution is 14.0. The van der Waals surface area contributed by atoms with E-state index in [1.165, 1.54) is 24.8 Å². The quantitative estimate of drug-likeness (QED) is 0.294. The number of rotatable bonds is 6. The van der Waals surface area contributed by atoms with E-state index in [-0.39, 0.29) is 24.0 Å². The molecule has 0 spiro atoms. The molecular formula is C19H29IN6. The number of benzene rings is 1. The third-order valence-corrected chi connectivity index (χ3v) is 4.63. The van der Waals surface area contributed by atoms with Gasteiger partial charge in [0.2, 0.25) is 0 Å². The average Bonchev–Trinajstić information content (AvgIpc) is 2.85. The van der Waals surface area contributed by atoms with E-state index in [0.717, 1.165) is 49.6 Å². The zero-order valence-corrected chi connectivity index (χ0v) is 17.8. The number of guanidine groups is 1. The van der Waals surface area contributed by atoms with Crippen molar-refractivity contribution in [1.82, 2.24) is 14.8 Å². The van der Waals surface area contributed by atoms with Crippen LogP contribution in [0.4, 0.5) is 5.69 Å². The van der Waals surface area contributed by atoms with Gasteiger partial charge in [-0.2, -0.15) is 0 Å². The van der Waals surface area contributed by atoms with Gasteiger partial charge in [-0.1, -0.05) is 25.5 Å². The van der Waals surface area contributed by atoms with Gasteiger partial charge in [0.1, 0.15) is 11.6 Å². The topological polar surface area (TPSA) is 81.1 Å². The first-order chi connectivity index (χ1) is 12.3. The maximum atomic E-state index is 5.99. The summed E-state index contributed by atoms with van der Waals surface area (Å²) in [5.74, 6) is 2.70. The predicted octanol–water partition coefficient (Wildman–Crippen LogP) is 3.54. The van der Waals surface area contributed by atoms with Gasteiger partial charge >= 0.3 is 0 Å². The number of fused-ring (bicyclic) bond motifs is 1. The van der Waals surface area contributed by atoms with E-state index in [9.17, 15) is 0 Å². The summed E-state index contributed by atoms with van der Waals surface area (Å²) in [5, 5.41) is 11.9. The van der Waals surface area contributed by atoms with Gasteiger partial charge in [-0.25, -0.2) is 0 Å². The molecule has 0 unspecified atom stereocenters. The first-order valence-corrected chi connectivity index (χ1v) is 9.33. The fourth-order valence-electron chi connectivity index (χ4n) is 3.22. The molecule has 3 rings (SSSR count). The van der Waals surface area contributed by atoms with Crippen LogP contribution in [0.2, 0.25) is 0 Å². The largest absolute Gasteiger partial charge is 0.370 e. The number of anilines is 1. The molecule has 26 heavy (non-hydrogen) atoms. The molecule has 2 aromatic rings. The number of halogens is 1. The van der Waals surface area contributed by atoms with Crippen LogP contribution in [0.5, 0.6) is 0 Å². The molecule has 6 nitrogen and oxygen atoms in total. The van der Waals surface area contributed by atoms with E-state index in [4.69, 9.17) is 5.73 Å². The SMILES string of the molecule is CCc1cccc(NC(N)=NCCCc2nnc3n2CCCCC3)c1.I. The third kappa shape index (κ3) is 5.69. The number of aromatic nitrogens is 3. The van der Waals surface area contributed by atoms with Crippen LogP contribution in [0.3, 0.4) is 0 Å². The van der Waals surface area contributed by atoms with E-state index < -0.39 is 0 Å². The molecular weight excluding hydrogens is 439 g/mol. The fourth-order valence-corrected chi connectivity index (χ4v) is 3.22. The molecule has 0 atom stereocenters. The van der Waals surface area contributed by atoms with Crippen molar-refractivity contribution >= 4 is 35.6 Å². The van der Waals surface area contributed by atoms with E-state index >= 15 is 0 Å². The molecule has 0 amide bonds. The smallest absolute Gasteiger partial charge is 0.193 e. The molecule has 1 aliphatic rings. The maximum absolute atomic E-state index is 5.99. The van der Waals surface area contributed by atoms with Crippen molar-refractivity contribution in [1.29, 1.82) is 0 Å². The zero-order chi connectivity index (χ0) is 17.5. The second-order valence-electron chi connectivity index (χ2n) is 6.54. The third-order valence-electron chi connectivity index (χ3n) is 4.63. The number of nitrogens with two attached hydrogens (primary N) is 1. The first kappa shape index (κ1) is 20.7. The minimum Gasteiger partial charge on any atom is -0.370 e. The molecule has 3 N–H and O–H groups in total. The van der Waals surface area contributed by atoms with Crippen LogP contribution in [0, 0.1) is 0 Å². The molecule has 0 radical (unpaired) electrons. The highest BCUT2D eigenvalue weighted by atomic mass is 127. The number of nitrogens with zero attached hydrogens (tertiary/aromatic N) is 4. The molecule has 0 saturated heterocycles. The van der Waals surface area contributed by atoms with Gasteiger partial charge in [-0.15, -0.1) is 34.2 Å². The van der Waals surface area contributed by atoms with E-state index in [0.29, 0.717) is 12.5 Å². The van der Waals surface area contributed by atoms with Crippen LogP contribution in [-0.2, 0) is 25.8 Å². The van der Waals surface area contributed by atoms with E-state index in [2.05, 4.69) is 44.1 Å². The Morgan fingerprint density at radius 3 is 3.00 bits per heavy atom. The standard InChI is InChI=1S/C19H28N6.HI/c1-2-15-8-6-9-16(14-15)22-19(20)21-12-7-11-18-24-23-17-10-4-3-5-13-25(17)18;/h6,8-9,14H,2-5,7,10-13H2,1H3,(H3,20,21,22);1H. The van der Waals surface area contributed by atoms with Gasteiger partial charge in [0.05, 0.1) is 0 Å². The van der Waals surface area contributed by atoms with Gasteiger partial charge in [0.25, 0.3) is 0 Å². The molecule has 1 aromatic heterocycles. The molecule has 142 valence electrons. The van der Waals surface area contributed by atoms with Crippen molar-refractivity contribution in [3.63, 3.8) is 0 Å². The Kier molecular flexibility index (Phi) is 8.34. The van der Waals surface area contributed by atoms with Crippen LogP contribution in [0.1, 0.15) is 49.8 Å². The summed E-state index contributed by atoms with van der Waals surface area (Å²) in [5.41, 5.74) is 8.27. The summed E-state index contributed by atoms with van der Waals surface area (Å²) in [6, 6.07) is 8.26. The van der Waals surface area contributed by atoms with Crippen molar-refractivity contribution in [3.8, 4) is 0 Å². The normalized spacial score (nSPS) is 14.3. The number of aryl methyl sites for hydroxylation is 3. The lowest BCUT2D eigenvalue weighted by molar-refractivity contribution is 0.598. The lowest BCUT2D eigenvalue weighted by atomic mass is 10.1. The average molecular weight is 468 g/mol. The second-order valence-corrected chi connectivity index (χ2v) is 6.54. The van der Waals surface area contributed by atoms with E-state index in [1.54, 1.807) is 0 Å². The van der Waals surface area contributed by atoms with Gasteiger partial charge in [0.15, 0.2) is 5.96 Å². The van der Waals surface area contributed by atoms with E-state index in [1.807, 2.05) is 12.1 Å². The lowest BCUT2D eigenvalue weighted by Crippen LogP contribution is -2.23. The second kappa shape index (κ2) is 10.5. The highest BCUT2D eigenvalue weighted by Gasteiger charge is 2.13. The summed E-state index contributed by atoms with van der Waals surface area (Å²) in [6.45, 7) is 3.88. The monoisotopic (exact) mass is 468 g/mol. The molecule has 0 bridgehead atoms. The van der Waals surface area contributed by atoms with Crippen LogP contribution in [0.25, 0.3) is 0 Å². The Labute approximate surface area is 172 Å². The van der Waals surface area contributed by atoms with Crippen molar-refractivity contribution in [2.24, 2.45) is 10.7 Å². The Hall–Kier alpha value is -1.64. The number of aliphatic imine (C=N–C) groups is 1. The minimum absolute atomic E-state index is 0. The van der Waals surface area contributed by atoms with Crippen LogP contribution >= 0.6 is 24.0 Å². The van der Waals surface area contributed by atoms with Gasteiger partial charge in [0, 0.05) is 31.6 Å². The summed E-state index contributed by atoms with van der Waals surface area (Å²) in [6.07, 6.45) is 7.63. The number of hydrogen-bond donors (Lipinski definition) is 2. The fraction of sp³-hybridized carbons (Fsp3) is 0.526. The number of hydrogen-bond acceptors (Lipinski definition) is 3. The Balaban J connectivity index is 0.00000243. The molecule has 7 heteroatoms. The Bertz CT molecular complexity index is 725. The predicted molar refractivity (Wildman–Crippen MR) is 117 cm³/mol. The van der Waals surface area contributed by atoms with Crippen molar-refractivity contribution < 1.29 is 0 Å². The maximum Gasteiger partial charge on any atom is 0.193 e. The molecule has 1 aromatic carbocycles.